The Labute approximate surface area is 103 Å². The summed E-state index contributed by atoms with van der Waals surface area (Å²) in [7, 11) is 0. The topological polar surface area (TPSA) is 55.1 Å². The Morgan fingerprint density at radius 3 is 2.65 bits per heavy atom. The fourth-order valence-electron chi connectivity index (χ4n) is 1.49. The van der Waals surface area contributed by atoms with Gasteiger partial charge in [0.05, 0.1) is 0 Å². The SMILES string of the molecule is CC(C)(C)CCNC(=O)c1cccc(CN)c1. The molecule has 1 rings (SSSR count). The molecule has 1 amide bonds. The van der Waals surface area contributed by atoms with Gasteiger partial charge in [0.25, 0.3) is 5.91 Å². The van der Waals surface area contributed by atoms with Crippen molar-refractivity contribution in [3.05, 3.63) is 35.4 Å². The van der Waals surface area contributed by atoms with Crippen LogP contribution < -0.4 is 11.1 Å². The molecule has 0 radical (unpaired) electrons. The first-order valence-corrected chi connectivity index (χ1v) is 5.99. The lowest BCUT2D eigenvalue weighted by atomic mass is 9.92. The zero-order valence-electron chi connectivity index (χ0n) is 10.9. The molecule has 0 aromatic heterocycles. The van der Waals surface area contributed by atoms with E-state index in [-0.39, 0.29) is 11.3 Å². The number of carbonyl (C=O) groups excluding carboxylic acids is 1. The molecular formula is C14H22N2O. The fraction of sp³-hybridized carbons (Fsp3) is 0.500. The van der Waals surface area contributed by atoms with Gasteiger partial charge in [-0.2, -0.15) is 0 Å². The summed E-state index contributed by atoms with van der Waals surface area (Å²) in [4.78, 5) is 11.8. The number of nitrogens with two attached hydrogens (primary N) is 1. The quantitative estimate of drug-likeness (QED) is 0.840. The van der Waals surface area contributed by atoms with Crippen LogP contribution in [0.2, 0.25) is 0 Å². The van der Waals surface area contributed by atoms with Crippen molar-refractivity contribution in [1.29, 1.82) is 0 Å². The third-order valence-electron chi connectivity index (χ3n) is 2.59. The molecule has 3 heteroatoms. The Kier molecular flexibility index (Phi) is 4.70. The van der Waals surface area contributed by atoms with Crippen molar-refractivity contribution in [1.82, 2.24) is 5.32 Å². The van der Waals surface area contributed by atoms with Gasteiger partial charge in [-0.1, -0.05) is 32.9 Å². The van der Waals surface area contributed by atoms with Crippen LogP contribution in [-0.2, 0) is 6.54 Å². The van der Waals surface area contributed by atoms with E-state index in [0.717, 1.165) is 12.0 Å². The highest BCUT2D eigenvalue weighted by Gasteiger charge is 2.11. The van der Waals surface area contributed by atoms with Crippen LogP contribution in [-0.4, -0.2) is 12.5 Å². The lowest BCUT2D eigenvalue weighted by Gasteiger charge is -2.18. The third-order valence-corrected chi connectivity index (χ3v) is 2.59. The van der Waals surface area contributed by atoms with Crippen LogP contribution >= 0.6 is 0 Å². The van der Waals surface area contributed by atoms with E-state index in [4.69, 9.17) is 5.73 Å². The van der Waals surface area contributed by atoms with Gasteiger partial charge in [0.15, 0.2) is 0 Å². The molecule has 0 spiro atoms. The molecule has 0 heterocycles. The smallest absolute Gasteiger partial charge is 0.251 e. The Morgan fingerprint density at radius 2 is 2.06 bits per heavy atom. The molecular weight excluding hydrogens is 212 g/mol. The molecule has 0 atom stereocenters. The number of rotatable bonds is 4. The van der Waals surface area contributed by atoms with E-state index in [1.54, 1.807) is 0 Å². The summed E-state index contributed by atoms with van der Waals surface area (Å²) >= 11 is 0. The Balaban J connectivity index is 2.52. The first kappa shape index (κ1) is 13.7. The van der Waals surface area contributed by atoms with Gasteiger partial charge < -0.3 is 11.1 Å². The Bertz CT molecular complexity index is 380. The largest absolute Gasteiger partial charge is 0.352 e. The highest BCUT2D eigenvalue weighted by molar-refractivity contribution is 5.94. The molecule has 1 aromatic carbocycles. The molecule has 1 aromatic rings. The third kappa shape index (κ3) is 5.00. The van der Waals surface area contributed by atoms with E-state index in [0.29, 0.717) is 18.7 Å². The van der Waals surface area contributed by atoms with Gasteiger partial charge in [0.2, 0.25) is 0 Å². The maximum Gasteiger partial charge on any atom is 0.251 e. The average molecular weight is 234 g/mol. The Morgan fingerprint density at radius 1 is 1.35 bits per heavy atom. The highest BCUT2D eigenvalue weighted by Crippen LogP contribution is 2.17. The molecule has 17 heavy (non-hydrogen) atoms. The van der Waals surface area contributed by atoms with Crippen molar-refractivity contribution in [2.45, 2.75) is 33.7 Å². The molecule has 0 aliphatic heterocycles. The molecule has 94 valence electrons. The highest BCUT2D eigenvalue weighted by atomic mass is 16.1. The van der Waals surface area contributed by atoms with E-state index in [9.17, 15) is 4.79 Å². The molecule has 0 fully saturated rings. The van der Waals surface area contributed by atoms with Crippen molar-refractivity contribution < 1.29 is 4.79 Å². The summed E-state index contributed by atoms with van der Waals surface area (Å²) in [5.74, 6) is -0.0236. The number of benzene rings is 1. The number of hydrogen-bond donors (Lipinski definition) is 2. The zero-order valence-corrected chi connectivity index (χ0v) is 10.9. The summed E-state index contributed by atoms with van der Waals surface area (Å²) in [6.07, 6.45) is 0.968. The molecule has 0 unspecified atom stereocenters. The maximum atomic E-state index is 11.8. The number of nitrogens with one attached hydrogen (secondary N) is 1. The summed E-state index contributed by atoms with van der Waals surface area (Å²) in [5.41, 5.74) is 7.45. The first-order valence-electron chi connectivity index (χ1n) is 5.99. The van der Waals surface area contributed by atoms with Gasteiger partial charge in [-0.25, -0.2) is 0 Å². The monoisotopic (exact) mass is 234 g/mol. The number of hydrogen-bond acceptors (Lipinski definition) is 2. The predicted octanol–water partition coefficient (Wildman–Crippen LogP) is 2.31. The molecule has 0 aliphatic rings. The second-order valence-corrected chi connectivity index (χ2v) is 5.47. The van der Waals surface area contributed by atoms with Gasteiger partial charge in [-0.3, -0.25) is 4.79 Å². The van der Waals surface area contributed by atoms with Crippen LogP contribution in [0.3, 0.4) is 0 Å². The molecule has 3 N–H and O–H groups in total. The minimum atomic E-state index is -0.0236. The van der Waals surface area contributed by atoms with Crippen molar-refractivity contribution in [3.8, 4) is 0 Å². The van der Waals surface area contributed by atoms with E-state index in [2.05, 4.69) is 26.1 Å². The summed E-state index contributed by atoms with van der Waals surface area (Å²) in [6, 6.07) is 7.44. The normalized spacial score (nSPS) is 11.3. The van der Waals surface area contributed by atoms with Gasteiger partial charge in [-0.15, -0.1) is 0 Å². The molecule has 0 aliphatic carbocycles. The number of amides is 1. The van der Waals surface area contributed by atoms with Crippen LogP contribution in [0.25, 0.3) is 0 Å². The van der Waals surface area contributed by atoms with Gasteiger partial charge in [0.1, 0.15) is 0 Å². The predicted molar refractivity (Wildman–Crippen MR) is 70.7 cm³/mol. The first-order chi connectivity index (χ1) is 7.92. The molecule has 0 saturated heterocycles. The van der Waals surface area contributed by atoms with Gasteiger partial charge >= 0.3 is 0 Å². The second-order valence-electron chi connectivity index (χ2n) is 5.47. The van der Waals surface area contributed by atoms with Crippen molar-refractivity contribution >= 4 is 5.91 Å². The summed E-state index contributed by atoms with van der Waals surface area (Å²) in [5, 5.41) is 2.93. The summed E-state index contributed by atoms with van der Waals surface area (Å²) < 4.78 is 0. The van der Waals surface area contributed by atoms with Gasteiger partial charge in [-0.05, 0) is 29.5 Å². The van der Waals surface area contributed by atoms with E-state index in [1.165, 1.54) is 0 Å². The van der Waals surface area contributed by atoms with Crippen LogP contribution in [0.4, 0.5) is 0 Å². The Hall–Kier alpha value is -1.35. The van der Waals surface area contributed by atoms with Crippen molar-refractivity contribution in [2.24, 2.45) is 11.1 Å². The van der Waals surface area contributed by atoms with E-state index in [1.807, 2.05) is 24.3 Å². The molecule has 3 nitrogen and oxygen atoms in total. The lowest BCUT2D eigenvalue weighted by molar-refractivity contribution is 0.0949. The van der Waals surface area contributed by atoms with Crippen LogP contribution in [0.15, 0.2) is 24.3 Å². The van der Waals surface area contributed by atoms with Crippen molar-refractivity contribution in [3.63, 3.8) is 0 Å². The lowest BCUT2D eigenvalue weighted by Crippen LogP contribution is -2.27. The molecule has 0 bridgehead atoms. The minimum Gasteiger partial charge on any atom is -0.352 e. The van der Waals surface area contributed by atoms with Crippen LogP contribution in [0.1, 0.15) is 43.1 Å². The summed E-state index contributed by atoms with van der Waals surface area (Å²) in [6.45, 7) is 7.65. The van der Waals surface area contributed by atoms with Gasteiger partial charge in [0, 0.05) is 18.7 Å². The van der Waals surface area contributed by atoms with Crippen LogP contribution in [0.5, 0.6) is 0 Å². The average Bonchev–Trinajstić information content (AvgIpc) is 2.27. The van der Waals surface area contributed by atoms with E-state index < -0.39 is 0 Å². The second kappa shape index (κ2) is 5.82. The van der Waals surface area contributed by atoms with E-state index >= 15 is 0 Å². The zero-order chi connectivity index (χ0) is 12.9. The maximum absolute atomic E-state index is 11.8. The standard InChI is InChI=1S/C14H22N2O/c1-14(2,3)7-8-16-13(17)12-6-4-5-11(9-12)10-15/h4-6,9H,7-8,10,15H2,1-3H3,(H,16,17). The molecule has 0 saturated carbocycles. The fourth-order valence-corrected chi connectivity index (χ4v) is 1.49. The van der Waals surface area contributed by atoms with Crippen molar-refractivity contribution in [2.75, 3.05) is 6.54 Å². The van der Waals surface area contributed by atoms with Crippen LogP contribution in [0, 0.1) is 5.41 Å². The number of carbonyl (C=O) groups is 1. The minimum absolute atomic E-state index is 0.0236.